The fraction of sp³-hybridized carbons (Fsp3) is 0. The van der Waals surface area contributed by atoms with E-state index in [-0.39, 0.29) is 0 Å². The van der Waals surface area contributed by atoms with Gasteiger partial charge in [-0.1, -0.05) is 290 Å². The van der Waals surface area contributed by atoms with E-state index in [0.717, 1.165) is 0 Å². The Morgan fingerprint density at radius 3 is 0.339 bits per heavy atom. The van der Waals surface area contributed by atoms with Crippen LogP contribution in [0.5, 0.6) is 0 Å². The van der Waals surface area contributed by atoms with E-state index in [4.69, 9.17) is 47.2 Å². The van der Waals surface area contributed by atoms with Crippen molar-refractivity contribution in [2.75, 3.05) is 0 Å². The third-order valence-electron chi connectivity index (χ3n) is 9.64. The fourth-order valence-electron chi connectivity index (χ4n) is 6.94. The van der Waals surface area contributed by atoms with Gasteiger partial charge < -0.3 is 0 Å². The maximum absolute atomic E-state index is 6.69. The highest BCUT2D eigenvalue weighted by molar-refractivity contribution is 8.75. The molecule has 0 saturated heterocycles. The highest BCUT2D eigenvalue weighted by Crippen LogP contribution is 2.79. The van der Waals surface area contributed by atoms with E-state index in [2.05, 4.69) is 194 Å². The fourth-order valence-corrected chi connectivity index (χ4v) is 36.1. The molecule has 0 aliphatic rings. The van der Waals surface area contributed by atoms with Gasteiger partial charge in [-0.15, -0.1) is 0 Å². The van der Waals surface area contributed by atoms with Gasteiger partial charge in [-0.3, -0.25) is 0 Å². The van der Waals surface area contributed by atoms with E-state index in [9.17, 15) is 0 Å². The second-order valence-electron chi connectivity index (χ2n) is 13.0. The number of benzene rings is 8. The van der Waals surface area contributed by atoms with Crippen LogP contribution >= 0.6 is 22.9 Å². The Bertz CT molecular complexity index is 2110. The summed E-state index contributed by atoms with van der Waals surface area (Å²) in [5.74, 6) is 0. The molecule has 0 unspecified atom stereocenters. The lowest BCUT2D eigenvalue weighted by molar-refractivity contribution is 1.75. The lowest BCUT2D eigenvalue weighted by atomic mass is 10.4. The molecule has 0 heterocycles. The Kier molecular flexibility index (Phi) is 13.3. The van der Waals surface area contributed by atoms with Crippen LogP contribution in [0.3, 0.4) is 0 Å². The first-order valence-corrected chi connectivity index (χ1v) is 30.8. The summed E-state index contributed by atoms with van der Waals surface area (Å²) in [6, 6.07) is 84.3. The summed E-state index contributed by atoms with van der Waals surface area (Å²) in [6.45, 7) is 0. The summed E-state index contributed by atoms with van der Waals surface area (Å²) >= 11 is 26.8. The second-order valence-corrected chi connectivity index (χ2v) is 38.7. The Balaban J connectivity index is 0.000000172. The highest BCUT2D eigenvalue weighted by atomic mass is 32.8. The van der Waals surface area contributed by atoms with Crippen LogP contribution in [-0.4, -0.2) is 0 Å². The van der Waals surface area contributed by atoms with Gasteiger partial charge in [0.1, 0.15) is 0 Å². The first kappa shape index (κ1) is 40.6. The molecule has 8 aromatic carbocycles. The van der Waals surface area contributed by atoms with E-state index in [1.165, 1.54) is 42.4 Å². The van der Waals surface area contributed by atoms with Crippen LogP contribution in [0, 0.1) is 0 Å². The van der Waals surface area contributed by atoms with Gasteiger partial charge in [0.25, 0.3) is 0 Å². The van der Waals surface area contributed by atoms with Gasteiger partial charge in [0.15, 0.2) is 0 Å². The number of hydrogen-bond donors (Lipinski definition) is 0. The SMILES string of the molecule is S=P(c1ccccc1)(c1ccccc1)P(=S)(c1ccccc1)c1ccccc1.S=P(c1ccccc1)(c1ccccc1)P(=S)(c1ccccc1)c1ccccc1. The Hall–Kier alpha value is -3.64. The van der Waals surface area contributed by atoms with Gasteiger partial charge in [-0.05, 0) is 42.4 Å². The molecule has 0 spiro atoms. The zero-order valence-electron chi connectivity index (χ0n) is 30.5. The van der Waals surface area contributed by atoms with Crippen molar-refractivity contribution in [2.24, 2.45) is 0 Å². The van der Waals surface area contributed by atoms with Crippen molar-refractivity contribution in [3.8, 4) is 0 Å². The van der Waals surface area contributed by atoms with E-state index in [1.54, 1.807) is 0 Å². The van der Waals surface area contributed by atoms with Gasteiger partial charge in [0.05, 0.1) is 0 Å². The highest BCUT2D eigenvalue weighted by Gasteiger charge is 2.42. The summed E-state index contributed by atoms with van der Waals surface area (Å²) < 4.78 is 0. The van der Waals surface area contributed by atoms with Crippen molar-refractivity contribution in [1.82, 2.24) is 0 Å². The van der Waals surface area contributed by atoms with Gasteiger partial charge >= 0.3 is 0 Å². The molecule has 0 bridgehead atoms. The van der Waals surface area contributed by atoms with Gasteiger partial charge in [-0.2, -0.15) is 0 Å². The van der Waals surface area contributed by atoms with Gasteiger partial charge in [0.2, 0.25) is 0 Å². The van der Waals surface area contributed by atoms with Crippen LogP contribution in [-0.2, 0) is 47.2 Å². The molecular formula is C48H40P4S4. The Morgan fingerprint density at radius 1 is 0.161 bits per heavy atom. The maximum atomic E-state index is 6.69. The van der Waals surface area contributed by atoms with Crippen molar-refractivity contribution in [3.63, 3.8) is 0 Å². The molecular weight excluding hydrogens is 829 g/mol. The largest absolute Gasteiger partial charge is 0.0813 e. The maximum Gasteiger partial charge on any atom is 0.0491 e. The minimum atomic E-state index is -2.33. The lowest BCUT2D eigenvalue weighted by Gasteiger charge is -2.37. The molecule has 0 saturated carbocycles. The molecule has 0 aliphatic carbocycles. The molecule has 276 valence electrons. The third-order valence-corrected chi connectivity index (χ3v) is 45.3. The van der Waals surface area contributed by atoms with Crippen LogP contribution in [0.1, 0.15) is 0 Å². The molecule has 8 heteroatoms. The first-order chi connectivity index (χ1) is 27.3. The molecule has 0 aliphatic heterocycles. The zero-order chi connectivity index (χ0) is 38.9. The average Bonchev–Trinajstić information content (AvgIpc) is 3.30. The van der Waals surface area contributed by atoms with Gasteiger partial charge in [0, 0.05) is 22.9 Å². The standard InChI is InChI=1S/2C24H20P2S2/c2*27-25(21-13-5-1-6-14-21,22-15-7-2-8-16-22)26(28,23-17-9-3-10-18-23)24-19-11-4-12-20-24/h2*1-20H. The number of rotatable bonds is 10. The molecule has 0 nitrogen and oxygen atoms in total. The van der Waals surface area contributed by atoms with Crippen molar-refractivity contribution < 1.29 is 0 Å². The van der Waals surface area contributed by atoms with E-state index in [0.29, 0.717) is 0 Å². The molecule has 0 atom stereocenters. The predicted molar refractivity (Wildman–Crippen MR) is 266 cm³/mol. The summed E-state index contributed by atoms with van der Waals surface area (Å²) in [4.78, 5) is 0. The zero-order valence-corrected chi connectivity index (χ0v) is 37.4. The average molecular weight is 869 g/mol. The van der Waals surface area contributed by atoms with Crippen LogP contribution < -0.4 is 42.4 Å². The predicted octanol–water partition coefficient (Wildman–Crippen LogP) is 10.3. The molecule has 0 amide bonds. The van der Waals surface area contributed by atoms with Gasteiger partial charge in [-0.25, -0.2) is 0 Å². The smallest absolute Gasteiger partial charge is 0.0491 e. The number of hydrogen-bond acceptors (Lipinski definition) is 4. The van der Waals surface area contributed by atoms with E-state index >= 15 is 0 Å². The van der Waals surface area contributed by atoms with E-state index < -0.39 is 22.9 Å². The second kappa shape index (κ2) is 18.3. The lowest BCUT2D eigenvalue weighted by Crippen LogP contribution is -2.25. The molecule has 0 N–H and O–H groups in total. The monoisotopic (exact) mass is 868 g/mol. The summed E-state index contributed by atoms with van der Waals surface area (Å²) in [6.07, 6.45) is 0. The summed E-state index contributed by atoms with van der Waals surface area (Å²) in [7, 11) is 0. The molecule has 0 fully saturated rings. The normalized spacial score (nSPS) is 11.9. The minimum absolute atomic E-state index is 1.19. The van der Waals surface area contributed by atoms with Crippen LogP contribution in [0.2, 0.25) is 0 Å². The van der Waals surface area contributed by atoms with Crippen molar-refractivity contribution in [1.29, 1.82) is 0 Å². The summed E-state index contributed by atoms with van der Waals surface area (Å²) in [5, 5.41) is 9.50. The van der Waals surface area contributed by atoms with E-state index in [1.807, 2.05) is 48.5 Å². The van der Waals surface area contributed by atoms with Crippen molar-refractivity contribution in [2.45, 2.75) is 0 Å². The Labute approximate surface area is 352 Å². The summed E-state index contributed by atoms with van der Waals surface area (Å²) in [5.41, 5.74) is -9.32. The van der Waals surface area contributed by atoms with Crippen LogP contribution in [0.15, 0.2) is 243 Å². The first-order valence-electron chi connectivity index (χ1n) is 18.2. The molecule has 0 aromatic heterocycles. The molecule has 8 rings (SSSR count). The molecule has 8 aromatic rings. The minimum Gasteiger partial charge on any atom is -0.0813 e. The molecule has 0 radical (unpaired) electrons. The van der Waals surface area contributed by atoms with Crippen molar-refractivity contribution in [3.05, 3.63) is 243 Å². The van der Waals surface area contributed by atoms with Crippen LogP contribution in [0.4, 0.5) is 0 Å². The quantitative estimate of drug-likeness (QED) is 0.126. The van der Waals surface area contributed by atoms with Crippen LogP contribution in [0.25, 0.3) is 0 Å². The topological polar surface area (TPSA) is 0 Å². The van der Waals surface area contributed by atoms with Crippen molar-refractivity contribution >= 4 is 113 Å². The Morgan fingerprint density at radius 2 is 0.250 bits per heavy atom. The third kappa shape index (κ3) is 7.68. The molecule has 56 heavy (non-hydrogen) atoms.